The van der Waals surface area contributed by atoms with E-state index >= 15 is 0 Å². The van der Waals surface area contributed by atoms with Crippen molar-refractivity contribution in [2.24, 2.45) is 11.7 Å². The Labute approximate surface area is 217 Å². The van der Waals surface area contributed by atoms with Gasteiger partial charge in [-0.25, -0.2) is 4.79 Å². The van der Waals surface area contributed by atoms with Crippen molar-refractivity contribution in [2.75, 3.05) is 24.5 Å². The van der Waals surface area contributed by atoms with Crippen LogP contribution in [0.5, 0.6) is 5.75 Å². The van der Waals surface area contributed by atoms with Crippen LogP contribution in [0.3, 0.4) is 0 Å². The molecular weight excluding hydrogens is 470 g/mol. The number of hydrogen-bond donors (Lipinski definition) is 4. The van der Waals surface area contributed by atoms with Crippen LogP contribution in [0.2, 0.25) is 0 Å². The Kier molecular flexibility index (Phi) is 9.05. The summed E-state index contributed by atoms with van der Waals surface area (Å²) in [5.74, 6) is -0.786. The normalized spacial score (nSPS) is 14.1. The van der Waals surface area contributed by atoms with Crippen molar-refractivity contribution in [3.63, 3.8) is 0 Å². The number of benzene rings is 2. The lowest BCUT2D eigenvalue weighted by molar-refractivity contribution is -0.121. The molecule has 5 N–H and O–H groups in total. The van der Waals surface area contributed by atoms with E-state index in [1.807, 2.05) is 29.2 Å². The smallest absolute Gasteiger partial charge is 0.339 e. The first-order chi connectivity index (χ1) is 17.6. The third-order valence-corrected chi connectivity index (χ3v) is 6.27. The zero-order chi connectivity index (χ0) is 27.1. The van der Waals surface area contributed by atoms with E-state index in [1.54, 1.807) is 49.9 Å². The van der Waals surface area contributed by atoms with E-state index in [-0.39, 0.29) is 41.6 Å². The lowest BCUT2D eigenvalue weighted by Gasteiger charge is -2.33. The summed E-state index contributed by atoms with van der Waals surface area (Å²) in [5.41, 5.74) is 7.49. The van der Waals surface area contributed by atoms with Crippen LogP contribution in [0.25, 0.3) is 6.08 Å². The Balaban J connectivity index is 1.82. The van der Waals surface area contributed by atoms with Crippen molar-refractivity contribution in [1.82, 2.24) is 4.90 Å². The summed E-state index contributed by atoms with van der Waals surface area (Å²) < 4.78 is 6.07. The summed E-state index contributed by atoms with van der Waals surface area (Å²) in [6.45, 7) is 6.98. The van der Waals surface area contributed by atoms with Crippen LogP contribution in [-0.2, 0) is 4.79 Å². The quantitative estimate of drug-likeness (QED) is 0.297. The van der Waals surface area contributed by atoms with Gasteiger partial charge in [0.1, 0.15) is 23.3 Å². The van der Waals surface area contributed by atoms with Crippen molar-refractivity contribution < 1.29 is 19.4 Å². The topological polar surface area (TPSA) is 144 Å². The largest absolute Gasteiger partial charge is 0.489 e. The number of rotatable bonds is 9. The number of nitrogens with zero attached hydrogens (tertiary/aromatic N) is 2. The molecule has 1 saturated heterocycles. The predicted molar refractivity (Wildman–Crippen MR) is 146 cm³/mol. The SMILES string of the molecule is CC(=N)N1CCC(Oc2ccc(N(CC=Cc3cccc(C(=N)N)c3)C(=O)C(C)C)cc2C(=O)O)CC1. The van der Waals surface area contributed by atoms with Crippen molar-refractivity contribution >= 4 is 35.3 Å². The number of nitrogens with one attached hydrogen (secondary N) is 2. The van der Waals surface area contributed by atoms with Gasteiger partial charge in [-0.3, -0.25) is 15.6 Å². The van der Waals surface area contributed by atoms with Gasteiger partial charge in [-0.1, -0.05) is 44.2 Å². The number of piperidine rings is 1. The third-order valence-electron chi connectivity index (χ3n) is 6.27. The minimum Gasteiger partial charge on any atom is -0.489 e. The molecule has 0 atom stereocenters. The molecule has 196 valence electrons. The Morgan fingerprint density at radius 3 is 2.49 bits per heavy atom. The Bertz CT molecular complexity index is 1200. The van der Waals surface area contributed by atoms with Crippen LogP contribution in [0.1, 0.15) is 55.1 Å². The first kappa shape index (κ1) is 27.4. The van der Waals surface area contributed by atoms with Crippen LogP contribution in [-0.4, -0.2) is 59.3 Å². The molecule has 0 saturated carbocycles. The molecule has 1 amide bonds. The lowest BCUT2D eigenvalue weighted by atomic mass is 10.1. The molecule has 3 rings (SSSR count). The Morgan fingerprint density at radius 1 is 1.19 bits per heavy atom. The number of ether oxygens (including phenoxy) is 1. The number of carbonyl (C=O) groups excluding carboxylic acids is 1. The molecule has 0 unspecified atom stereocenters. The van der Waals surface area contributed by atoms with Crippen molar-refractivity contribution in [3.8, 4) is 5.75 Å². The third kappa shape index (κ3) is 7.19. The summed E-state index contributed by atoms with van der Waals surface area (Å²) in [4.78, 5) is 28.7. The van der Waals surface area contributed by atoms with Gasteiger partial charge in [0, 0.05) is 49.6 Å². The van der Waals surface area contributed by atoms with E-state index in [1.165, 1.54) is 6.07 Å². The van der Waals surface area contributed by atoms with E-state index in [0.717, 1.165) is 5.56 Å². The highest BCUT2D eigenvalue weighted by Gasteiger charge is 2.25. The number of amides is 1. The van der Waals surface area contributed by atoms with Gasteiger partial charge in [0.2, 0.25) is 5.91 Å². The van der Waals surface area contributed by atoms with Gasteiger partial charge in [0.15, 0.2) is 0 Å². The second kappa shape index (κ2) is 12.2. The minimum absolute atomic E-state index is 0.00265. The molecule has 1 aliphatic rings. The Morgan fingerprint density at radius 2 is 1.89 bits per heavy atom. The van der Waals surface area contributed by atoms with Gasteiger partial charge >= 0.3 is 5.97 Å². The summed E-state index contributed by atoms with van der Waals surface area (Å²) >= 11 is 0. The molecule has 1 aliphatic heterocycles. The Hall–Kier alpha value is -4.14. The zero-order valence-electron chi connectivity index (χ0n) is 21.5. The van der Waals surface area contributed by atoms with Crippen molar-refractivity contribution in [1.29, 1.82) is 10.8 Å². The van der Waals surface area contributed by atoms with Gasteiger partial charge in [-0.2, -0.15) is 0 Å². The maximum Gasteiger partial charge on any atom is 0.339 e. The number of nitrogens with two attached hydrogens (primary N) is 1. The molecule has 2 aromatic rings. The van der Waals surface area contributed by atoms with Crippen molar-refractivity contribution in [2.45, 2.75) is 39.7 Å². The molecule has 9 nitrogen and oxygen atoms in total. The van der Waals surface area contributed by atoms with Crippen LogP contribution in [0.15, 0.2) is 48.5 Å². The number of carboxylic acids is 1. The first-order valence-corrected chi connectivity index (χ1v) is 12.3. The number of likely N-dealkylation sites (tertiary alicyclic amines) is 1. The number of anilines is 1. The first-order valence-electron chi connectivity index (χ1n) is 12.3. The maximum atomic E-state index is 13.0. The van der Waals surface area contributed by atoms with Crippen LogP contribution in [0, 0.1) is 16.7 Å². The summed E-state index contributed by atoms with van der Waals surface area (Å²) in [5, 5.41) is 25.3. The predicted octanol–water partition coefficient (Wildman–Crippen LogP) is 4.21. The number of amidine groups is 2. The van der Waals surface area contributed by atoms with E-state index in [9.17, 15) is 14.7 Å². The lowest BCUT2D eigenvalue weighted by Crippen LogP contribution is -2.40. The molecule has 1 fully saturated rings. The monoisotopic (exact) mass is 505 g/mol. The second-order valence-corrected chi connectivity index (χ2v) is 9.42. The van der Waals surface area contributed by atoms with E-state index in [4.69, 9.17) is 21.3 Å². The summed E-state index contributed by atoms with van der Waals surface area (Å²) in [6, 6.07) is 12.0. The molecule has 9 heteroatoms. The molecular formula is C28H35N5O4. The van der Waals surface area contributed by atoms with Gasteiger partial charge in [-0.15, -0.1) is 0 Å². The standard InChI is InChI=1S/C28H35N5O4/c1-18(2)27(34)33(13-5-7-20-6-4-8-21(16-20)26(30)31)22-9-10-25(24(17-22)28(35)36)37-23-11-14-32(15-12-23)19(3)29/h4-10,16-18,23,29H,11-15H2,1-3H3,(H3,30,31)(H,35,36). The highest BCUT2D eigenvalue weighted by Crippen LogP contribution is 2.29. The van der Waals surface area contributed by atoms with E-state index < -0.39 is 5.97 Å². The highest BCUT2D eigenvalue weighted by atomic mass is 16.5. The fourth-order valence-corrected chi connectivity index (χ4v) is 4.18. The average molecular weight is 506 g/mol. The highest BCUT2D eigenvalue weighted by molar-refractivity contribution is 5.98. The zero-order valence-corrected chi connectivity index (χ0v) is 21.5. The number of carbonyl (C=O) groups is 2. The van der Waals surface area contributed by atoms with Gasteiger partial charge in [0.05, 0.1) is 5.84 Å². The number of carboxylic acid groups (broad SMARTS) is 1. The van der Waals surface area contributed by atoms with Crippen LogP contribution in [0.4, 0.5) is 5.69 Å². The minimum atomic E-state index is -1.13. The maximum absolute atomic E-state index is 13.0. The van der Waals surface area contributed by atoms with Crippen LogP contribution < -0.4 is 15.4 Å². The van der Waals surface area contributed by atoms with E-state index in [2.05, 4.69) is 0 Å². The summed E-state index contributed by atoms with van der Waals surface area (Å²) in [7, 11) is 0. The molecule has 2 aromatic carbocycles. The molecule has 0 spiro atoms. The number of nitrogen functional groups attached to an aromatic ring is 1. The fraction of sp³-hybridized carbons (Fsp3) is 0.357. The molecule has 0 aromatic heterocycles. The number of aromatic carboxylic acids is 1. The molecule has 0 bridgehead atoms. The van der Waals surface area contributed by atoms with Gasteiger partial charge in [-0.05, 0) is 36.8 Å². The fourth-order valence-electron chi connectivity index (χ4n) is 4.18. The van der Waals surface area contributed by atoms with Gasteiger partial charge in [0.25, 0.3) is 0 Å². The van der Waals surface area contributed by atoms with E-state index in [0.29, 0.717) is 43.0 Å². The second-order valence-electron chi connectivity index (χ2n) is 9.42. The molecule has 0 radical (unpaired) electrons. The summed E-state index contributed by atoms with van der Waals surface area (Å²) in [6.07, 6.45) is 4.92. The average Bonchev–Trinajstić information content (AvgIpc) is 2.87. The number of hydrogen-bond acceptors (Lipinski definition) is 5. The molecule has 1 heterocycles. The van der Waals surface area contributed by atoms with Crippen LogP contribution >= 0.6 is 0 Å². The molecule has 0 aliphatic carbocycles. The van der Waals surface area contributed by atoms with Crippen molar-refractivity contribution in [3.05, 3.63) is 65.2 Å². The molecule has 37 heavy (non-hydrogen) atoms. The van der Waals surface area contributed by atoms with Gasteiger partial charge < -0.3 is 25.4 Å².